The molecule has 0 radical (unpaired) electrons. The summed E-state index contributed by atoms with van der Waals surface area (Å²) in [6, 6.07) is 0. The fraction of sp³-hybridized carbons (Fsp3) is 0.714. The number of rotatable bonds is 2. The van der Waals surface area contributed by atoms with Crippen molar-refractivity contribution in [3.8, 4) is 0 Å². The van der Waals surface area contributed by atoms with Gasteiger partial charge in [0.1, 0.15) is 0 Å². The number of morpholine rings is 1. The van der Waals surface area contributed by atoms with Crippen molar-refractivity contribution >= 4 is 11.9 Å². The number of carbonyl (C=O) groups excluding carboxylic acids is 1. The third-order valence-electron chi connectivity index (χ3n) is 3.80. The van der Waals surface area contributed by atoms with Crippen LogP contribution in [-0.2, 0) is 14.3 Å². The molecule has 1 N–H and O–H groups in total. The first kappa shape index (κ1) is 14.1. The molecule has 2 rings (SSSR count). The van der Waals surface area contributed by atoms with Crippen LogP contribution in [0.2, 0.25) is 0 Å². The number of carboxylic acids is 1. The minimum absolute atomic E-state index is 0.00936. The van der Waals surface area contributed by atoms with Gasteiger partial charge in [-0.15, -0.1) is 0 Å². The van der Waals surface area contributed by atoms with Crippen LogP contribution >= 0.6 is 0 Å². The van der Waals surface area contributed by atoms with Crippen LogP contribution in [0, 0.1) is 11.8 Å². The SMILES string of the molecule is CC1CN(C(=O)[C@@H]2CC=CC[C@@H]2C(=O)O)CC(C)O1. The van der Waals surface area contributed by atoms with Gasteiger partial charge in [-0.25, -0.2) is 0 Å². The van der Waals surface area contributed by atoms with Crippen molar-refractivity contribution in [2.75, 3.05) is 13.1 Å². The van der Waals surface area contributed by atoms with Crippen molar-refractivity contribution in [2.24, 2.45) is 11.8 Å². The maximum absolute atomic E-state index is 12.5. The number of allylic oxidation sites excluding steroid dienone is 2. The Morgan fingerprint density at radius 1 is 1.11 bits per heavy atom. The lowest BCUT2D eigenvalue weighted by Gasteiger charge is -2.38. The van der Waals surface area contributed by atoms with E-state index in [1.165, 1.54) is 0 Å². The molecular formula is C14H21NO4. The Labute approximate surface area is 113 Å². The number of amides is 1. The molecule has 1 saturated heterocycles. The predicted molar refractivity (Wildman–Crippen MR) is 69.6 cm³/mol. The first-order valence-corrected chi connectivity index (χ1v) is 6.81. The summed E-state index contributed by atoms with van der Waals surface area (Å²) in [5.41, 5.74) is 0. The Bertz CT molecular complexity index is 383. The van der Waals surface area contributed by atoms with Crippen LogP contribution in [0.1, 0.15) is 26.7 Å². The Hall–Kier alpha value is -1.36. The van der Waals surface area contributed by atoms with Gasteiger partial charge in [-0.1, -0.05) is 12.2 Å². The fourth-order valence-electron chi connectivity index (χ4n) is 2.95. The van der Waals surface area contributed by atoms with Gasteiger partial charge in [0.25, 0.3) is 0 Å². The third-order valence-corrected chi connectivity index (χ3v) is 3.80. The second kappa shape index (κ2) is 5.74. The zero-order chi connectivity index (χ0) is 14.0. The van der Waals surface area contributed by atoms with Crippen LogP contribution in [0.5, 0.6) is 0 Å². The Balaban J connectivity index is 2.09. The van der Waals surface area contributed by atoms with Gasteiger partial charge in [0, 0.05) is 13.1 Å². The Kier molecular flexibility index (Phi) is 4.24. The summed E-state index contributed by atoms with van der Waals surface area (Å²) < 4.78 is 5.60. The number of nitrogens with zero attached hydrogens (tertiary/aromatic N) is 1. The van der Waals surface area contributed by atoms with Gasteiger partial charge in [0.15, 0.2) is 0 Å². The van der Waals surface area contributed by atoms with Gasteiger partial charge in [-0.2, -0.15) is 0 Å². The molecule has 1 fully saturated rings. The van der Waals surface area contributed by atoms with E-state index < -0.39 is 17.8 Å². The highest BCUT2D eigenvalue weighted by molar-refractivity contribution is 5.85. The molecule has 0 saturated carbocycles. The van der Waals surface area contributed by atoms with Gasteiger partial charge in [-0.05, 0) is 26.7 Å². The average Bonchev–Trinajstić information content (AvgIpc) is 2.36. The smallest absolute Gasteiger partial charge is 0.307 e. The molecule has 0 bridgehead atoms. The summed E-state index contributed by atoms with van der Waals surface area (Å²) in [5.74, 6) is -1.94. The first-order valence-electron chi connectivity index (χ1n) is 6.81. The average molecular weight is 267 g/mol. The van der Waals surface area contributed by atoms with E-state index in [2.05, 4.69) is 0 Å². The molecule has 1 heterocycles. The van der Waals surface area contributed by atoms with Crippen molar-refractivity contribution in [1.82, 2.24) is 4.90 Å². The summed E-state index contributed by atoms with van der Waals surface area (Å²) in [7, 11) is 0. The molecular weight excluding hydrogens is 246 g/mol. The summed E-state index contributed by atoms with van der Waals surface area (Å²) in [5, 5.41) is 9.23. The predicted octanol–water partition coefficient (Wildman–Crippen LogP) is 1.29. The highest BCUT2D eigenvalue weighted by atomic mass is 16.5. The molecule has 1 aliphatic heterocycles. The molecule has 19 heavy (non-hydrogen) atoms. The minimum Gasteiger partial charge on any atom is -0.481 e. The maximum Gasteiger partial charge on any atom is 0.307 e. The highest BCUT2D eigenvalue weighted by Gasteiger charge is 2.38. The van der Waals surface area contributed by atoms with Gasteiger partial charge in [-0.3, -0.25) is 9.59 Å². The summed E-state index contributed by atoms with van der Waals surface area (Å²) in [6.07, 6.45) is 4.75. The molecule has 2 aliphatic rings. The standard InChI is InChI=1S/C14H21NO4/c1-9-7-15(8-10(2)19-9)13(16)11-5-3-4-6-12(11)14(17)18/h3-4,9-12H,5-8H2,1-2H3,(H,17,18)/t9?,10?,11-,12+/m1/s1. The normalized spacial score (nSPS) is 35.2. The van der Waals surface area contributed by atoms with Crippen molar-refractivity contribution in [2.45, 2.75) is 38.9 Å². The number of aliphatic carboxylic acids is 1. The number of carbonyl (C=O) groups is 2. The van der Waals surface area contributed by atoms with Crippen LogP contribution in [0.4, 0.5) is 0 Å². The Morgan fingerprint density at radius 3 is 2.16 bits per heavy atom. The van der Waals surface area contributed by atoms with Gasteiger partial charge >= 0.3 is 5.97 Å². The summed E-state index contributed by atoms with van der Waals surface area (Å²) >= 11 is 0. The highest BCUT2D eigenvalue weighted by Crippen LogP contribution is 2.28. The number of carboxylic acid groups (broad SMARTS) is 1. The van der Waals surface area contributed by atoms with E-state index >= 15 is 0 Å². The van der Waals surface area contributed by atoms with E-state index in [0.29, 0.717) is 25.9 Å². The van der Waals surface area contributed by atoms with E-state index in [0.717, 1.165) is 0 Å². The second-order valence-electron chi connectivity index (χ2n) is 5.49. The molecule has 0 aromatic rings. The first-order chi connectivity index (χ1) is 8.99. The lowest BCUT2D eigenvalue weighted by molar-refractivity contribution is -0.156. The van der Waals surface area contributed by atoms with Crippen LogP contribution in [-0.4, -0.2) is 47.2 Å². The number of hydrogen-bond acceptors (Lipinski definition) is 3. The number of ether oxygens (including phenoxy) is 1. The zero-order valence-electron chi connectivity index (χ0n) is 11.4. The molecule has 5 nitrogen and oxygen atoms in total. The molecule has 0 aromatic carbocycles. The van der Waals surface area contributed by atoms with Crippen LogP contribution < -0.4 is 0 Å². The Morgan fingerprint density at radius 2 is 1.63 bits per heavy atom. The van der Waals surface area contributed by atoms with Crippen LogP contribution in [0.15, 0.2) is 12.2 Å². The van der Waals surface area contributed by atoms with Gasteiger partial charge in [0.05, 0.1) is 24.0 Å². The van der Waals surface area contributed by atoms with Crippen molar-refractivity contribution < 1.29 is 19.4 Å². The lowest BCUT2D eigenvalue weighted by atomic mass is 9.82. The maximum atomic E-state index is 12.5. The molecule has 1 aliphatic carbocycles. The van der Waals surface area contributed by atoms with E-state index in [-0.39, 0.29) is 18.1 Å². The summed E-state index contributed by atoms with van der Waals surface area (Å²) in [4.78, 5) is 25.5. The van der Waals surface area contributed by atoms with E-state index in [1.807, 2.05) is 26.0 Å². The largest absolute Gasteiger partial charge is 0.481 e. The second-order valence-corrected chi connectivity index (χ2v) is 5.49. The summed E-state index contributed by atoms with van der Waals surface area (Å²) in [6.45, 7) is 4.97. The minimum atomic E-state index is -0.878. The molecule has 1 amide bonds. The van der Waals surface area contributed by atoms with Crippen molar-refractivity contribution in [3.63, 3.8) is 0 Å². The van der Waals surface area contributed by atoms with E-state index in [4.69, 9.17) is 4.74 Å². The quantitative estimate of drug-likeness (QED) is 0.766. The van der Waals surface area contributed by atoms with Gasteiger partial charge in [0.2, 0.25) is 5.91 Å². The van der Waals surface area contributed by atoms with E-state index in [1.54, 1.807) is 4.90 Å². The van der Waals surface area contributed by atoms with E-state index in [9.17, 15) is 14.7 Å². The molecule has 0 aromatic heterocycles. The fourth-order valence-corrected chi connectivity index (χ4v) is 2.95. The molecule has 4 atom stereocenters. The molecule has 106 valence electrons. The van der Waals surface area contributed by atoms with Crippen molar-refractivity contribution in [1.29, 1.82) is 0 Å². The molecule has 0 spiro atoms. The van der Waals surface area contributed by atoms with Crippen LogP contribution in [0.25, 0.3) is 0 Å². The molecule has 5 heteroatoms. The lowest BCUT2D eigenvalue weighted by Crippen LogP contribution is -2.51. The van der Waals surface area contributed by atoms with Crippen molar-refractivity contribution in [3.05, 3.63) is 12.2 Å². The third kappa shape index (κ3) is 3.15. The zero-order valence-corrected chi connectivity index (χ0v) is 11.4. The monoisotopic (exact) mass is 267 g/mol. The topological polar surface area (TPSA) is 66.8 Å². The molecule has 2 unspecified atom stereocenters. The number of hydrogen-bond donors (Lipinski definition) is 1. The van der Waals surface area contributed by atoms with Gasteiger partial charge < -0.3 is 14.7 Å². The van der Waals surface area contributed by atoms with Crippen LogP contribution in [0.3, 0.4) is 0 Å².